The fourth-order valence-corrected chi connectivity index (χ4v) is 6.05. The lowest BCUT2D eigenvalue weighted by Crippen LogP contribution is -2.61. The quantitative estimate of drug-likeness (QED) is 0.599. The van der Waals surface area contributed by atoms with E-state index in [1.54, 1.807) is 27.0 Å². The Balaban J connectivity index is 1.81. The van der Waals surface area contributed by atoms with Gasteiger partial charge < -0.3 is 9.47 Å². The van der Waals surface area contributed by atoms with Crippen LogP contribution in [0.25, 0.3) is 0 Å². The van der Waals surface area contributed by atoms with Gasteiger partial charge in [-0.3, -0.25) is 9.59 Å². The summed E-state index contributed by atoms with van der Waals surface area (Å²) in [5.74, 6) is -1.04. The summed E-state index contributed by atoms with van der Waals surface area (Å²) in [6.07, 6.45) is -1.48. The first-order valence-corrected chi connectivity index (χ1v) is 11.2. The predicted molar refractivity (Wildman–Crippen MR) is 99.7 cm³/mol. The Morgan fingerprint density at radius 3 is 2.14 bits per heavy atom. The smallest absolute Gasteiger partial charge is 0.426 e. The lowest BCUT2D eigenvalue weighted by Gasteiger charge is -2.60. The largest absolute Gasteiger partial charge is 0.459 e. The number of rotatable bonds is 5. The molecule has 4 nitrogen and oxygen atoms in total. The Morgan fingerprint density at radius 1 is 1.11 bits per heavy atom. The Bertz CT molecular complexity index is 626. The van der Waals surface area contributed by atoms with E-state index in [9.17, 15) is 22.8 Å². The van der Waals surface area contributed by atoms with E-state index in [-0.39, 0.29) is 30.0 Å². The van der Waals surface area contributed by atoms with Crippen LogP contribution in [0.4, 0.5) is 13.2 Å². The van der Waals surface area contributed by atoms with Crippen LogP contribution >= 0.6 is 11.8 Å². The Labute approximate surface area is 168 Å². The van der Waals surface area contributed by atoms with E-state index in [0.29, 0.717) is 25.7 Å². The molecule has 0 aromatic carbocycles. The molecule has 0 radical (unpaired) electrons. The van der Waals surface area contributed by atoms with E-state index in [4.69, 9.17) is 9.47 Å². The zero-order chi connectivity index (χ0) is 21.0. The predicted octanol–water partition coefficient (Wildman–Crippen LogP) is 4.75. The van der Waals surface area contributed by atoms with Gasteiger partial charge in [0.2, 0.25) is 6.10 Å². The summed E-state index contributed by atoms with van der Waals surface area (Å²) in [4.78, 5) is 25.5. The first kappa shape index (κ1) is 21.8. The summed E-state index contributed by atoms with van der Waals surface area (Å²) < 4.78 is 50.7. The van der Waals surface area contributed by atoms with Gasteiger partial charge in [-0.15, -0.1) is 0 Å². The topological polar surface area (TPSA) is 52.6 Å². The second-order valence-electron chi connectivity index (χ2n) is 9.95. The number of hydrogen-bond donors (Lipinski definition) is 0. The number of esters is 2. The number of thioether (sulfide) groups is 1. The fraction of sp³-hybridized carbons (Fsp3) is 0.900. The summed E-state index contributed by atoms with van der Waals surface area (Å²) in [5.41, 5.74) is -2.39. The number of halogens is 3. The van der Waals surface area contributed by atoms with Crippen molar-refractivity contribution in [3.63, 3.8) is 0 Å². The third kappa shape index (κ3) is 4.17. The van der Waals surface area contributed by atoms with E-state index >= 15 is 0 Å². The monoisotopic (exact) mass is 422 g/mol. The maximum atomic E-state index is 13.3. The highest BCUT2D eigenvalue weighted by Crippen LogP contribution is 2.63. The third-order valence-electron chi connectivity index (χ3n) is 6.29. The molecule has 4 aliphatic carbocycles. The molecule has 0 aliphatic heterocycles. The molecule has 0 N–H and O–H groups in total. The maximum Gasteiger partial charge on any atom is 0.426 e. The van der Waals surface area contributed by atoms with Gasteiger partial charge in [0.1, 0.15) is 5.60 Å². The number of carbonyl (C=O) groups excluding carboxylic acids is 2. The van der Waals surface area contributed by atoms with Gasteiger partial charge in [-0.25, -0.2) is 0 Å². The van der Waals surface area contributed by atoms with Gasteiger partial charge in [0.25, 0.3) is 0 Å². The molecule has 4 bridgehead atoms. The van der Waals surface area contributed by atoms with Crippen molar-refractivity contribution >= 4 is 23.7 Å². The molecule has 0 aromatic heterocycles. The fourth-order valence-electron chi connectivity index (χ4n) is 5.49. The minimum atomic E-state index is -4.59. The van der Waals surface area contributed by atoms with Crippen LogP contribution in [0.15, 0.2) is 0 Å². The summed E-state index contributed by atoms with van der Waals surface area (Å²) in [6, 6.07) is 0. The van der Waals surface area contributed by atoms with Crippen molar-refractivity contribution in [3.8, 4) is 0 Å². The molecule has 28 heavy (non-hydrogen) atoms. The maximum absolute atomic E-state index is 13.3. The average Bonchev–Trinajstić information content (AvgIpc) is 2.50. The first-order chi connectivity index (χ1) is 12.8. The van der Waals surface area contributed by atoms with Gasteiger partial charge in [-0.05, 0) is 71.0 Å². The molecule has 3 unspecified atom stereocenters. The molecule has 4 rings (SSSR count). The van der Waals surface area contributed by atoms with E-state index in [1.165, 1.54) is 0 Å². The van der Waals surface area contributed by atoms with Gasteiger partial charge in [-0.2, -0.15) is 24.9 Å². The molecular formula is C20H29F3O4S. The normalized spacial score (nSPS) is 35.5. The average molecular weight is 423 g/mol. The van der Waals surface area contributed by atoms with Crippen molar-refractivity contribution in [3.05, 3.63) is 0 Å². The molecule has 0 heterocycles. The summed E-state index contributed by atoms with van der Waals surface area (Å²) in [5, 5.41) is 0. The summed E-state index contributed by atoms with van der Waals surface area (Å²) >= 11 is 0.999. The Kier molecular flexibility index (Phi) is 5.52. The van der Waals surface area contributed by atoms with Gasteiger partial charge in [0, 0.05) is 12.2 Å². The van der Waals surface area contributed by atoms with Crippen molar-refractivity contribution in [1.29, 1.82) is 0 Å². The van der Waals surface area contributed by atoms with E-state index in [0.717, 1.165) is 18.2 Å². The number of ether oxygens (including phenoxy) is 2. The first-order valence-electron chi connectivity index (χ1n) is 9.79. The van der Waals surface area contributed by atoms with E-state index in [1.807, 2.05) is 0 Å². The molecule has 4 saturated carbocycles. The molecule has 0 spiro atoms. The lowest BCUT2D eigenvalue weighted by molar-refractivity contribution is -0.238. The SMILES string of the molecule is CSCC(OC(=O)C12CC3CC(CC(OC(=O)C(C)(C)C)(C3)C1)C2)C(F)(F)F. The second-order valence-corrected chi connectivity index (χ2v) is 10.9. The molecule has 160 valence electrons. The second kappa shape index (κ2) is 7.10. The van der Waals surface area contributed by atoms with Crippen molar-refractivity contribution in [2.75, 3.05) is 12.0 Å². The van der Waals surface area contributed by atoms with Gasteiger partial charge in [-0.1, -0.05) is 0 Å². The Morgan fingerprint density at radius 2 is 1.68 bits per heavy atom. The zero-order valence-corrected chi connectivity index (χ0v) is 17.7. The van der Waals surface area contributed by atoms with Crippen molar-refractivity contribution in [2.45, 2.75) is 77.2 Å². The summed E-state index contributed by atoms with van der Waals surface area (Å²) in [7, 11) is 0. The van der Waals surface area contributed by atoms with Crippen molar-refractivity contribution in [2.24, 2.45) is 22.7 Å². The van der Waals surface area contributed by atoms with E-state index in [2.05, 4.69) is 0 Å². The molecule has 3 atom stereocenters. The minimum Gasteiger partial charge on any atom is -0.459 e. The molecule has 8 heteroatoms. The molecular weight excluding hydrogens is 393 g/mol. The highest BCUT2D eigenvalue weighted by molar-refractivity contribution is 7.98. The number of hydrogen-bond acceptors (Lipinski definition) is 5. The molecule has 0 aromatic rings. The molecule has 0 amide bonds. The highest BCUT2D eigenvalue weighted by Gasteiger charge is 2.64. The van der Waals surface area contributed by atoms with E-state index < -0.39 is 34.7 Å². The van der Waals surface area contributed by atoms with Crippen LogP contribution in [0.1, 0.15) is 59.3 Å². The molecule has 4 fully saturated rings. The van der Waals surface area contributed by atoms with Crippen LogP contribution in [-0.4, -0.2) is 41.8 Å². The van der Waals surface area contributed by atoms with Gasteiger partial charge >= 0.3 is 18.1 Å². The number of carbonyl (C=O) groups is 2. The van der Waals surface area contributed by atoms with Crippen LogP contribution in [0.3, 0.4) is 0 Å². The third-order valence-corrected chi connectivity index (χ3v) is 6.93. The molecule has 0 saturated heterocycles. The van der Waals surface area contributed by atoms with Crippen molar-refractivity contribution < 1.29 is 32.2 Å². The van der Waals surface area contributed by atoms with Crippen LogP contribution in [0.5, 0.6) is 0 Å². The Hall–Kier alpha value is -0.920. The zero-order valence-electron chi connectivity index (χ0n) is 16.9. The van der Waals surface area contributed by atoms with Crippen LogP contribution < -0.4 is 0 Å². The van der Waals surface area contributed by atoms with Gasteiger partial charge in [0.05, 0.1) is 10.8 Å². The van der Waals surface area contributed by atoms with Crippen LogP contribution in [0.2, 0.25) is 0 Å². The number of alkyl halides is 3. The van der Waals surface area contributed by atoms with Crippen LogP contribution in [-0.2, 0) is 19.1 Å². The summed E-state index contributed by atoms with van der Waals surface area (Å²) in [6.45, 7) is 5.32. The minimum absolute atomic E-state index is 0.187. The highest BCUT2D eigenvalue weighted by atomic mass is 32.2. The van der Waals surface area contributed by atoms with Crippen LogP contribution in [0, 0.1) is 22.7 Å². The van der Waals surface area contributed by atoms with Gasteiger partial charge in [0.15, 0.2) is 0 Å². The molecule has 4 aliphatic rings. The standard InChI is InChI=1S/C20H29F3O4S/c1-17(2,3)15(24)27-19-8-12-5-13(9-19)7-18(6-12,11-19)16(25)26-14(10-28-4)20(21,22)23/h12-14H,5-11H2,1-4H3. The lowest BCUT2D eigenvalue weighted by atomic mass is 9.48. The van der Waals surface area contributed by atoms with Crippen molar-refractivity contribution in [1.82, 2.24) is 0 Å².